The summed E-state index contributed by atoms with van der Waals surface area (Å²) in [7, 11) is 0. The fraction of sp³-hybridized carbons (Fsp3) is 0.413. The first-order chi connectivity index (χ1) is 29.3. The number of fused-ring (bicyclic) bond motifs is 1. The summed E-state index contributed by atoms with van der Waals surface area (Å²) >= 11 is 0. The molecule has 3 fully saturated rings. The Kier molecular flexibility index (Phi) is 14.9. The number of hydrogen-bond donors (Lipinski definition) is 6. The minimum absolute atomic E-state index is 0.00727. The molecule has 0 atom stereocenters. The summed E-state index contributed by atoms with van der Waals surface area (Å²) in [6.45, 7) is 9.93. The number of halogens is 1. The number of piperidine rings is 2. The smallest absolute Gasteiger partial charge is 0.253 e. The number of aromatic nitrogens is 1. The number of alkyl halides is 1. The van der Waals surface area contributed by atoms with Crippen LogP contribution in [0.5, 0.6) is 5.75 Å². The maximum atomic E-state index is 15.9. The van der Waals surface area contributed by atoms with Gasteiger partial charge in [-0.2, -0.15) is 0 Å². The zero-order valence-electron chi connectivity index (χ0n) is 35.2. The van der Waals surface area contributed by atoms with E-state index in [1.165, 1.54) is 0 Å². The van der Waals surface area contributed by atoms with Gasteiger partial charge in [0, 0.05) is 117 Å². The number of benzene rings is 3. The largest absolute Gasteiger partial charge is 0.507 e. The molecule has 326 valence electrons. The number of morpholine rings is 1. The normalized spacial score (nSPS) is 17.3. The molecule has 14 nitrogen and oxygen atoms in total. The van der Waals surface area contributed by atoms with E-state index in [2.05, 4.69) is 38.4 Å². The lowest BCUT2D eigenvalue weighted by molar-refractivity contribution is -0.116. The first-order valence-electron chi connectivity index (χ1n) is 21.0. The number of para-hydroxylation sites is 1. The fourth-order valence-corrected chi connectivity index (χ4v) is 8.31. The van der Waals surface area contributed by atoms with Gasteiger partial charge < -0.3 is 56.9 Å². The van der Waals surface area contributed by atoms with Crippen LogP contribution in [0.2, 0.25) is 0 Å². The molecule has 9 N–H and O–H groups in total. The summed E-state index contributed by atoms with van der Waals surface area (Å²) in [6.07, 6.45) is 7.25. The first kappa shape index (κ1) is 44.5. The summed E-state index contributed by atoms with van der Waals surface area (Å²) < 4.78 is 23.5. The molecule has 1 aromatic heterocycles. The molecule has 3 amide bonds. The summed E-state index contributed by atoms with van der Waals surface area (Å²) in [5.41, 5.74) is 22.5. The van der Waals surface area contributed by atoms with Gasteiger partial charge in [0.15, 0.2) is 0 Å². The SMILES string of the molecule is Cc1cccc(C(=O)N2CCC(F)(CN3CCC(n4ccc5cc(NC(=O)CCNC=O)c(C)cc54)CC3)CC2)c1.NC(N)=C(/C=C(\N)c1ccccc1O)N1CCOCC1. The van der Waals surface area contributed by atoms with E-state index in [0.29, 0.717) is 100 Å². The first-order valence-corrected chi connectivity index (χ1v) is 21.0. The maximum absolute atomic E-state index is 15.9. The van der Waals surface area contributed by atoms with Gasteiger partial charge in [0.25, 0.3) is 5.91 Å². The summed E-state index contributed by atoms with van der Waals surface area (Å²) in [4.78, 5) is 41.6. The molecule has 3 aliphatic heterocycles. The van der Waals surface area contributed by atoms with Gasteiger partial charge in [-0.25, -0.2) is 4.39 Å². The molecule has 0 spiro atoms. The fourth-order valence-electron chi connectivity index (χ4n) is 8.31. The van der Waals surface area contributed by atoms with Crippen molar-refractivity contribution in [3.05, 3.63) is 113 Å². The van der Waals surface area contributed by atoms with Crippen molar-refractivity contribution >= 4 is 40.5 Å². The summed E-state index contributed by atoms with van der Waals surface area (Å²) in [5, 5.41) is 16.3. The van der Waals surface area contributed by atoms with Crippen LogP contribution in [0.15, 0.2) is 90.5 Å². The van der Waals surface area contributed by atoms with Gasteiger partial charge in [-0.15, -0.1) is 0 Å². The molecule has 15 heteroatoms. The lowest BCUT2D eigenvalue weighted by atomic mass is 9.91. The van der Waals surface area contributed by atoms with E-state index < -0.39 is 5.67 Å². The van der Waals surface area contributed by atoms with Crippen LogP contribution in [0, 0.1) is 13.8 Å². The zero-order chi connectivity index (χ0) is 43.5. The van der Waals surface area contributed by atoms with Crippen LogP contribution in [-0.2, 0) is 14.3 Å². The number of aryl methyl sites for hydroxylation is 2. The highest BCUT2D eigenvalue weighted by Crippen LogP contribution is 2.34. The number of amides is 3. The number of rotatable bonds is 12. The number of carbonyl (C=O) groups is 3. The van der Waals surface area contributed by atoms with Crippen LogP contribution in [-0.4, -0.2) is 114 Å². The topological polar surface area (TPSA) is 197 Å². The lowest BCUT2D eigenvalue weighted by Crippen LogP contribution is -2.51. The summed E-state index contributed by atoms with van der Waals surface area (Å²) in [6, 6.07) is 21.0. The van der Waals surface area contributed by atoms with Crippen LogP contribution in [0.3, 0.4) is 0 Å². The van der Waals surface area contributed by atoms with Crippen molar-refractivity contribution in [2.24, 2.45) is 17.2 Å². The molecule has 0 aliphatic carbocycles. The highest BCUT2D eigenvalue weighted by Gasteiger charge is 2.38. The second-order valence-corrected chi connectivity index (χ2v) is 16.2. The number of hydrogen-bond acceptors (Lipinski definition) is 10. The second-order valence-electron chi connectivity index (χ2n) is 16.2. The number of allylic oxidation sites excluding steroid dienone is 1. The lowest BCUT2D eigenvalue weighted by Gasteiger charge is -2.41. The van der Waals surface area contributed by atoms with Gasteiger partial charge in [0.1, 0.15) is 17.2 Å². The van der Waals surface area contributed by atoms with Crippen LogP contribution in [0.4, 0.5) is 10.1 Å². The average molecular weight is 838 g/mol. The van der Waals surface area contributed by atoms with Gasteiger partial charge in [-0.1, -0.05) is 29.8 Å². The van der Waals surface area contributed by atoms with E-state index in [9.17, 15) is 19.5 Å². The number of phenolic OH excluding ortho intramolecular Hbond substituents is 1. The van der Waals surface area contributed by atoms with Crippen LogP contribution in [0.25, 0.3) is 16.6 Å². The molecule has 4 aromatic rings. The molecule has 3 saturated heterocycles. The third-order valence-electron chi connectivity index (χ3n) is 11.7. The highest BCUT2D eigenvalue weighted by atomic mass is 19.1. The van der Waals surface area contributed by atoms with Crippen LogP contribution >= 0.6 is 0 Å². The number of phenols is 1. The minimum Gasteiger partial charge on any atom is -0.507 e. The molecule has 61 heavy (non-hydrogen) atoms. The third-order valence-corrected chi connectivity index (χ3v) is 11.7. The van der Waals surface area contributed by atoms with Crippen molar-refractivity contribution in [2.75, 3.05) is 70.9 Å². The van der Waals surface area contributed by atoms with Gasteiger partial charge in [-0.3, -0.25) is 14.4 Å². The van der Waals surface area contributed by atoms with Gasteiger partial charge in [0.05, 0.1) is 18.9 Å². The Labute approximate surface area is 357 Å². The van der Waals surface area contributed by atoms with Crippen molar-refractivity contribution in [1.29, 1.82) is 0 Å². The number of nitrogens with two attached hydrogens (primary N) is 3. The maximum Gasteiger partial charge on any atom is 0.253 e. The Morgan fingerprint density at radius 3 is 2.31 bits per heavy atom. The Morgan fingerprint density at radius 1 is 0.918 bits per heavy atom. The molecule has 3 aromatic carbocycles. The molecule has 3 aliphatic rings. The van der Waals surface area contributed by atoms with E-state index in [1.807, 2.05) is 49.1 Å². The Balaban J connectivity index is 0.000000260. The zero-order valence-corrected chi connectivity index (χ0v) is 35.2. The van der Waals surface area contributed by atoms with Gasteiger partial charge in [0.2, 0.25) is 12.3 Å². The molecule has 0 saturated carbocycles. The number of ether oxygens (including phenoxy) is 1. The van der Waals surface area contributed by atoms with E-state index in [0.717, 1.165) is 53.6 Å². The van der Waals surface area contributed by atoms with Crippen molar-refractivity contribution in [3.8, 4) is 5.75 Å². The predicted molar refractivity (Wildman–Crippen MR) is 237 cm³/mol. The van der Waals surface area contributed by atoms with Crippen LogP contribution < -0.4 is 27.8 Å². The summed E-state index contributed by atoms with van der Waals surface area (Å²) in [5.74, 6) is 0.179. The Bertz CT molecular complexity index is 2210. The minimum atomic E-state index is -1.27. The number of anilines is 1. The number of nitrogens with zero attached hydrogens (tertiary/aromatic N) is 4. The van der Waals surface area contributed by atoms with Crippen molar-refractivity contribution in [1.82, 2.24) is 24.6 Å². The molecular weight excluding hydrogens is 778 g/mol. The molecular formula is C46H60FN9O5. The molecule has 0 unspecified atom stereocenters. The monoisotopic (exact) mass is 837 g/mol. The van der Waals surface area contributed by atoms with Gasteiger partial charge >= 0.3 is 0 Å². The van der Waals surface area contributed by atoms with Crippen molar-refractivity contribution < 1.29 is 28.6 Å². The average Bonchev–Trinajstić information content (AvgIpc) is 3.66. The third kappa shape index (κ3) is 11.6. The van der Waals surface area contributed by atoms with E-state index in [-0.39, 0.29) is 29.8 Å². The van der Waals surface area contributed by atoms with Gasteiger partial charge in [-0.05, 0) is 80.8 Å². The quantitative estimate of drug-likeness (QED) is 0.0660. The molecule has 4 heterocycles. The second kappa shape index (κ2) is 20.5. The van der Waals surface area contributed by atoms with E-state index >= 15 is 4.39 Å². The van der Waals surface area contributed by atoms with E-state index in [4.69, 9.17) is 21.9 Å². The molecule has 0 radical (unpaired) electrons. The number of nitrogens with one attached hydrogen (secondary N) is 2. The number of aromatic hydroxyl groups is 1. The number of carbonyl (C=O) groups excluding carboxylic acids is 3. The highest BCUT2D eigenvalue weighted by molar-refractivity contribution is 5.95. The van der Waals surface area contributed by atoms with Crippen molar-refractivity contribution in [2.45, 2.75) is 57.7 Å². The molecule has 0 bridgehead atoms. The predicted octanol–water partition coefficient (Wildman–Crippen LogP) is 4.72. The standard InChI is InChI=1S/C32H40FN5O3.C14H20N4O2/c1-23-4-3-5-26(18-23)31(41)37-16-10-32(33,11-17-37)21-36-13-8-27(9-14-36)38-15-7-25-20-28(24(2)19-29(25)38)35-30(40)6-12-34-22-39;15-11(10-3-1-2-4-13(10)19)9-12(14(16)17)18-5-7-20-8-6-18/h3-5,7,15,18-20,22,27H,6,8-14,16-17,21H2,1-2H3,(H,34,39)(H,35,40);1-4,9,19H,5-8,15-17H2/b;11-9-. The molecule has 7 rings (SSSR count). The number of likely N-dealkylation sites (tertiary alicyclic amines) is 2. The van der Waals surface area contributed by atoms with E-state index in [1.54, 1.807) is 35.2 Å². The van der Waals surface area contributed by atoms with Crippen LogP contribution in [0.1, 0.15) is 65.2 Å². The Morgan fingerprint density at radius 2 is 1.64 bits per heavy atom. The Hall–Kier alpha value is -6.06. The van der Waals surface area contributed by atoms with Crippen molar-refractivity contribution in [3.63, 3.8) is 0 Å².